The van der Waals surface area contributed by atoms with Gasteiger partial charge in [0.05, 0.1) is 28.4 Å². The predicted octanol–water partition coefficient (Wildman–Crippen LogP) is 4.40. The standard InChI is InChI=1S/C31H35N5O4S/c1-3-4-17-35(2)41(39,40)25-14-15-27-26(19-25)29(31(38)34-27)30(23-8-6-5-7-9-23)33-24-12-10-22(11-13-24)20-36-18-16-32-28(37)21-36/h5-15,19,34,38H,3-4,16-18,20-21H2,1-2H3,(H,32,37). The minimum absolute atomic E-state index is 0.0343. The summed E-state index contributed by atoms with van der Waals surface area (Å²) in [6.07, 6.45) is 1.66. The van der Waals surface area contributed by atoms with E-state index in [1.165, 1.54) is 4.31 Å². The molecule has 1 fully saturated rings. The molecule has 9 nitrogen and oxygen atoms in total. The number of H-pyrrole nitrogens is 1. The fourth-order valence-corrected chi connectivity index (χ4v) is 6.22. The molecule has 1 saturated heterocycles. The van der Waals surface area contributed by atoms with Gasteiger partial charge in [-0.3, -0.25) is 9.69 Å². The lowest BCUT2D eigenvalue weighted by Gasteiger charge is -2.26. The zero-order valence-electron chi connectivity index (χ0n) is 23.3. The van der Waals surface area contributed by atoms with Gasteiger partial charge in [-0.15, -0.1) is 0 Å². The van der Waals surface area contributed by atoms with E-state index >= 15 is 0 Å². The molecule has 1 aliphatic heterocycles. The van der Waals surface area contributed by atoms with Gasteiger partial charge < -0.3 is 15.4 Å². The number of nitrogens with zero attached hydrogens (tertiary/aromatic N) is 3. The van der Waals surface area contributed by atoms with Crippen LogP contribution in [0.3, 0.4) is 0 Å². The first-order valence-electron chi connectivity index (χ1n) is 13.8. The highest BCUT2D eigenvalue weighted by Gasteiger charge is 2.24. The number of carbonyl (C=O) groups is 1. The molecule has 0 spiro atoms. The molecule has 3 N–H and O–H groups in total. The molecule has 0 bridgehead atoms. The van der Waals surface area contributed by atoms with Gasteiger partial charge in [-0.25, -0.2) is 17.7 Å². The Morgan fingerprint density at radius 1 is 1.07 bits per heavy atom. The van der Waals surface area contributed by atoms with Crippen LogP contribution in [0.25, 0.3) is 10.9 Å². The van der Waals surface area contributed by atoms with Gasteiger partial charge in [-0.1, -0.05) is 55.8 Å². The maximum atomic E-state index is 13.3. The van der Waals surface area contributed by atoms with Crippen molar-refractivity contribution in [2.45, 2.75) is 31.2 Å². The number of benzene rings is 3. The Kier molecular flexibility index (Phi) is 8.53. The molecule has 1 aliphatic rings. The lowest BCUT2D eigenvalue weighted by Crippen LogP contribution is -2.47. The third kappa shape index (κ3) is 6.35. The number of hydrogen-bond acceptors (Lipinski definition) is 6. The zero-order chi connectivity index (χ0) is 29.0. The van der Waals surface area contributed by atoms with Gasteiger partial charge in [0, 0.05) is 49.7 Å². The van der Waals surface area contributed by atoms with Gasteiger partial charge >= 0.3 is 0 Å². The number of sulfonamides is 1. The number of aromatic amines is 1. The summed E-state index contributed by atoms with van der Waals surface area (Å²) >= 11 is 0. The van der Waals surface area contributed by atoms with Crippen molar-refractivity contribution < 1.29 is 18.3 Å². The molecule has 0 radical (unpaired) electrons. The fourth-order valence-electron chi connectivity index (χ4n) is 4.99. The van der Waals surface area contributed by atoms with Crippen LogP contribution in [0.1, 0.15) is 36.5 Å². The number of aromatic nitrogens is 1. The van der Waals surface area contributed by atoms with E-state index in [2.05, 4.69) is 15.2 Å². The van der Waals surface area contributed by atoms with E-state index < -0.39 is 10.0 Å². The summed E-state index contributed by atoms with van der Waals surface area (Å²) in [7, 11) is -2.12. The maximum absolute atomic E-state index is 13.3. The van der Waals surface area contributed by atoms with E-state index in [9.17, 15) is 18.3 Å². The van der Waals surface area contributed by atoms with E-state index in [1.54, 1.807) is 25.2 Å². The van der Waals surface area contributed by atoms with Gasteiger partial charge in [0.1, 0.15) is 0 Å². The summed E-state index contributed by atoms with van der Waals surface area (Å²) in [5, 5.41) is 14.5. The van der Waals surface area contributed by atoms with Crippen molar-refractivity contribution in [1.29, 1.82) is 0 Å². The number of carbonyl (C=O) groups excluding carboxylic acids is 1. The second-order valence-electron chi connectivity index (χ2n) is 10.3. The highest BCUT2D eigenvalue weighted by atomic mass is 32.2. The number of amides is 1. The highest BCUT2D eigenvalue weighted by Crippen LogP contribution is 2.33. The topological polar surface area (TPSA) is 118 Å². The second kappa shape index (κ2) is 12.3. The van der Waals surface area contributed by atoms with Crippen LogP contribution in [0.15, 0.2) is 82.7 Å². The first-order valence-corrected chi connectivity index (χ1v) is 15.2. The molecule has 0 aliphatic carbocycles. The number of hydrogen-bond donors (Lipinski definition) is 3. The van der Waals surface area contributed by atoms with Crippen molar-refractivity contribution in [3.05, 3.63) is 89.5 Å². The fraction of sp³-hybridized carbons (Fsp3) is 0.290. The molecule has 10 heteroatoms. The SMILES string of the molecule is CCCCN(C)S(=O)(=O)c1ccc2[nH]c(O)c(C(=Nc3ccc(CN4CCNC(=O)C4)cc3)c3ccccc3)c2c1. The van der Waals surface area contributed by atoms with Crippen LogP contribution in [0.5, 0.6) is 5.88 Å². The number of rotatable bonds is 10. The average molecular weight is 574 g/mol. The van der Waals surface area contributed by atoms with Crippen LogP contribution < -0.4 is 5.32 Å². The van der Waals surface area contributed by atoms with Gasteiger partial charge in [-0.05, 0) is 42.3 Å². The largest absolute Gasteiger partial charge is 0.494 e. The van der Waals surface area contributed by atoms with Gasteiger partial charge in [-0.2, -0.15) is 0 Å². The van der Waals surface area contributed by atoms with Crippen molar-refractivity contribution in [3.63, 3.8) is 0 Å². The summed E-state index contributed by atoms with van der Waals surface area (Å²) < 4.78 is 28.0. The highest BCUT2D eigenvalue weighted by molar-refractivity contribution is 7.89. The first-order chi connectivity index (χ1) is 19.8. The molecule has 1 aromatic heterocycles. The Bertz CT molecular complexity index is 1660. The Labute approximate surface area is 240 Å². The third-order valence-corrected chi connectivity index (χ3v) is 9.12. The number of fused-ring (bicyclic) bond motifs is 1. The predicted molar refractivity (Wildman–Crippen MR) is 161 cm³/mol. The van der Waals surface area contributed by atoms with Crippen molar-refractivity contribution in [2.24, 2.45) is 4.99 Å². The van der Waals surface area contributed by atoms with Gasteiger partial charge in [0.2, 0.25) is 15.9 Å². The molecule has 2 heterocycles. The van der Waals surface area contributed by atoms with E-state index in [0.717, 1.165) is 30.5 Å². The number of unbranched alkanes of at least 4 members (excludes halogenated alkanes) is 1. The van der Waals surface area contributed by atoms with Crippen LogP contribution in [-0.2, 0) is 21.4 Å². The summed E-state index contributed by atoms with van der Waals surface area (Å²) in [6.45, 7) is 4.94. The van der Waals surface area contributed by atoms with E-state index in [0.29, 0.717) is 54.0 Å². The van der Waals surface area contributed by atoms with Crippen molar-refractivity contribution in [1.82, 2.24) is 19.5 Å². The summed E-state index contributed by atoms with van der Waals surface area (Å²) in [5.41, 5.74) is 4.09. The first kappa shape index (κ1) is 28.5. The molecular formula is C31H35N5O4S. The molecule has 214 valence electrons. The van der Waals surface area contributed by atoms with Crippen LogP contribution in [0.2, 0.25) is 0 Å². The molecule has 1 amide bonds. The van der Waals surface area contributed by atoms with Crippen molar-refractivity contribution in [2.75, 3.05) is 33.2 Å². The Balaban J connectivity index is 1.54. The van der Waals surface area contributed by atoms with Crippen LogP contribution in [0, 0.1) is 0 Å². The molecular weight excluding hydrogens is 538 g/mol. The lowest BCUT2D eigenvalue weighted by molar-refractivity contribution is -0.124. The normalized spacial score (nSPS) is 15.0. The lowest BCUT2D eigenvalue weighted by atomic mass is 10.0. The number of aliphatic imine (C=N–C) groups is 1. The quantitative estimate of drug-likeness (QED) is 0.243. The Morgan fingerprint density at radius 2 is 1.83 bits per heavy atom. The third-order valence-electron chi connectivity index (χ3n) is 7.27. The Morgan fingerprint density at radius 3 is 2.54 bits per heavy atom. The number of aromatic hydroxyl groups is 1. The molecule has 3 aromatic carbocycles. The maximum Gasteiger partial charge on any atom is 0.242 e. The molecule has 4 aromatic rings. The van der Waals surface area contributed by atoms with E-state index in [4.69, 9.17) is 4.99 Å². The molecule has 0 saturated carbocycles. The number of nitrogens with one attached hydrogen (secondary N) is 2. The van der Waals surface area contributed by atoms with E-state index in [1.807, 2.05) is 61.5 Å². The minimum atomic E-state index is -3.71. The molecule has 0 unspecified atom stereocenters. The summed E-state index contributed by atoms with van der Waals surface area (Å²) in [5.74, 6) is -0.0523. The van der Waals surface area contributed by atoms with Crippen molar-refractivity contribution in [3.8, 4) is 5.88 Å². The number of piperazine rings is 1. The van der Waals surface area contributed by atoms with Crippen LogP contribution in [-0.4, -0.2) is 72.6 Å². The summed E-state index contributed by atoms with van der Waals surface area (Å²) in [6, 6.07) is 22.1. The zero-order valence-corrected chi connectivity index (χ0v) is 24.1. The molecule has 41 heavy (non-hydrogen) atoms. The summed E-state index contributed by atoms with van der Waals surface area (Å²) in [4.78, 5) is 21.9. The second-order valence-corrected chi connectivity index (χ2v) is 12.3. The van der Waals surface area contributed by atoms with Crippen LogP contribution >= 0.6 is 0 Å². The van der Waals surface area contributed by atoms with E-state index in [-0.39, 0.29) is 16.7 Å². The minimum Gasteiger partial charge on any atom is -0.494 e. The molecule has 0 atom stereocenters. The van der Waals surface area contributed by atoms with Crippen LogP contribution in [0.4, 0.5) is 5.69 Å². The van der Waals surface area contributed by atoms with Crippen molar-refractivity contribution >= 4 is 38.2 Å². The van der Waals surface area contributed by atoms with Gasteiger partial charge in [0.15, 0.2) is 5.88 Å². The van der Waals surface area contributed by atoms with Gasteiger partial charge in [0.25, 0.3) is 0 Å². The average Bonchev–Trinajstić information content (AvgIpc) is 3.30. The monoisotopic (exact) mass is 573 g/mol. The Hall–Kier alpha value is -3.99. The molecule has 5 rings (SSSR count). The smallest absolute Gasteiger partial charge is 0.242 e.